The van der Waals surface area contributed by atoms with E-state index in [1.54, 1.807) is 6.07 Å². The largest absolute Gasteiger partial charge is 0.396 e. The van der Waals surface area contributed by atoms with Crippen LogP contribution in [0.25, 0.3) is 0 Å². The molecule has 0 aliphatic heterocycles. The first-order valence-corrected chi connectivity index (χ1v) is 7.00. The third-order valence-corrected chi connectivity index (χ3v) is 3.73. The Kier molecular flexibility index (Phi) is 4.77. The van der Waals surface area contributed by atoms with Crippen molar-refractivity contribution in [1.82, 2.24) is 0 Å². The number of carbonyl (C=O) groups excluding carboxylic acids is 1. The highest BCUT2D eigenvalue weighted by molar-refractivity contribution is 5.91. The molecule has 0 unspecified atom stereocenters. The van der Waals surface area contributed by atoms with Crippen LogP contribution in [0.1, 0.15) is 44.9 Å². The molecule has 19 heavy (non-hydrogen) atoms. The average Bonchev–Trinajstić information content (AvgIpc) is 2.62. The van der Waals surface area contributed by atoms with Crippen LogP contribution >= 0.6 is 0 Å². The van der Waals surface area contributed by atoms with E-state index >= 15 is 0 Å². The highest BCUT2D eigenvalue weighted by Gasteiger charge is 2.16. The van der Waals surface area contributed by atoms with Gasteiger partial charge in [0, 0.05) is 12.1 Å². The van der Waals surface area contributed by atoms with E-state index in [1.807, 2.05) is 0 Å². The first-order valence-electron chi connectivity index (χ1n) is 7.00. The molecule has 1 aliphatic carbocycles. The van der Waals surface area contributed by atoms with Gasteiger partial charge in [-0.05, 0) is 37.0 Å². The van der Waals surface area contributed by atoms with Crippen LogP contribution in [-0.2, 0) is 4.79 Å². The second-order valence-electron chi connectivity index (χ2n) is 5.35. The summed E-state index contributed by atoms with van der Waals surface area (Å²) >= 11 is 0. The summed E-state index contributed by atoms with van der Waals surface area (Å²) in [7, 11) is 0. The molecule has 1 fully saturated rings. The van der Waals surface area contributed by atoms with Gasteiger partial charge in [0.15, 0.2) is 0 Å². The minimum atomic E-state index is -0.493. The Bertz CT molecular complexity index is 440. The SMILES string of the molecule is Nc1ccc(NC(=O)CC2CCCCCC2)cc1F. The number of hydrogen-bond acceptors (Lipinski definition) is 2. The van der Waals surface area contributed by atoms with Gasteiger partial charge in [0.2, 0.25) is 5.91 Å². The first kappa shape index (κ1) is 13.8. The van der Waals surface area contributed by atoms with Gasteiger partial charge in [-0.2, -0.15) is 0 Å². The Morgan fingerprint density at radius 1 is 1.26 bits per heavy atom. The number of anilines is 2. The second-order valence-corrected chi connectivity index (χ2v) is 5.35. The fourth-order valence-electron chi connectivity index (χ4n) is 2.65. The number of amides is 1. The topological polar surface area (TPSA) is 55.1 Å². The molecule has 4 heteroatoms. The lowest BCUT2D eigenvalue weighted by Crippen LogP contribution is -2.16. The summed E-state index contributed by atoms with van der Waals surface area (Å²) in [4.78, 5) is 11.9. The monoisotopic (exact) mass is 264 g/mol. The van der Waals surface area contributed by atoms with Crippen LogP contribution in [0.4, 0.5) is 15.8 Å². The molecule has 1 aliphatic rings. The lowest BCUT2D eigenvalue weighted by molar-refractivity contribution is -0.117. The standard InChI is InChI=1S/C15H21FN2O/c16-13-10-12(7-8-14(13)17)18-15(19)9-11-5-3-1-2-4-6-11/h7-8,10-11H,1-6,9,17H2,(H,18,19). The van der Waals surface area contributed by atoms with E-state index in [9.17, 15) is 9.18 Å². The summed E-state index contributed by atoms with van der Waals surface area (Å²) in [6.45, 7) is 0. The van der Waals surface area contributed by atoms with Crippen LogP contribution in [0.15, 0.2) is 18.2 Å². The van der Waals surface area contributed by atoms with E-state index in [4.69, 9.17) is 5.73 Å². The molecule has 104 valence electrons. The van der Waals surface area contributed by atoms with Gasteiger partial charge < -0.3 is 11.1 Å². The summed E-state index contributed by atoms with van der Waals surface area (Å²) < 4.78 is 13.3. The van der Waals surface area contributed by atoms with Gasteiger partial charge in [0.05, 0.1) is 5.69 Å². The van der Waals surface area contributed by atoms with Crippen molar-refractivity contribution in [3.8, 4) is 0 Å². The van der Waals surface area contributed by atoms with E-state index in [1.165, 1.54) is 37.8 Å². The van der Waals surface area contributed by atoms with Gasteiger partial charge in [-0.1, -0.05) is 25.7 Å². The number of nitrogens with one attached hydrogen (secondary N) is 1. The van der Waals surface area contributed by atoms with E-state index in [2.05, 4.69) is 5.32 Å². The van der Waals surface area contributed by atoms with Crippen LogP contribution < -0.4 is 11.1 Å². The smallest absolute Gasteiger partial charge is 0.224 e. The van der Waals surface area contributed by atoms with Crippen LogP contribution in [0.2, 0.25) is 0 Å². The minimum Gasteiger partial charge on any atom is -0.396 e. The van der Waals surface area contributed by atoms with Crippen LogP contribution in [0, 0.1) is 11.7 Å². The summed E-state index contributed by atoms with van der Waals surface area (Å²) in [6, 6.07) is 4.36. The maximum atomic E-state index is 13.3. The summed E-state index contributed by atoms with van der Waals surface area (Å²) in [5.41, 5.74) is 5.97. The van der Waals surface area contributed by atoms with E-state index in [0.717, 1.165) is 12.8 Å². The average molecular weight is 264 g/mol. The number of halogens is 1. The van der Waals surface area contributed by atoms with Crippen molar-refractivity contribution >= 4 is 17.3 Å². The zero-order valence-electron chi connectivity index (χ0n) is 11.1. The molecule has 3 N–H and O–H groups in total. The second kappa shape index (κ2) is 6.55. The molecule has 1 amide bonds. The number of carbonyl (C=O) groups is 1. The number of nitrogens with two attached hydrogens (primary N) is 1. The molecule has 1 saturated carbocycles. The van der Waals surface area contributed by atoms with E-state index in [-0.39, 0.29) is 11.6 Å². The molecule has 1 aromatic carbocycles. The van der Waals surface area contributed by atoms with Gasteiger partial charge in [0.25, 0.3) is 0 Å². The van der Waals surface area contributed by atoms with Crippen LogP contribution in [0.5, 0.6) is 0 Å². The Hall–Kier alpha value is -1.58. The van der Waals surface area contributed by atoms with Crippen LogP contribution in [0.3, 0.4) is 0 Å². The molecule has 0 saturated heterocycles. The maximum Gasteiger partial charge on any atom is 0.224 e. The predicted molar refractivity (Wildman–Crippen MR) is 75.3 cm³/mol. The maximum absolute atomic E-state index is 13.3. The van der Waals surface area contributed by atoms with Crippen molar-refractivity contribution in [2.24, 2.45) is 5.92 Å². The van der Waals surface area contributed by atoms with Gasteiger partial charge >= 0.3 is 0 Å². The van der Waals surface area contributed by atoms with Gasteiger partial charge in [-0.3, -0.25) is 4.79 Å². The molecule has 2 rings (SSSR count). The van der Waals surface area contributed by atoms with Gasteiger partial charge in [0.1, 0.15) is 5.82 Å². The van der Waals surface area contributed by atoms with Crippen LogP contribution in [-0.4, -0.2) is 5.91 Å². The third-order valence-electron chi connectivity index (χ3n) is 3.73. The molecule has 0 spiro atoms. The molecule has 0 heterocycles. The minimum absolute atomic E-state index is 0.0314. The summed E-state index contributed by atoms with van der Waals surface area (Å²) in [5, 5.41) is 2.74. The summed E-state index contributed by atoms with van der Waals surface area (Å²) in [5.74, 6) is -0.0514. The Morgan fingerprint density at radius 3 is 2.58 bits per heavy atom. The normalized spacial score (nSPS) is 16.9. The molecular formula is C15H21FN2O. The number of hydrogen-bond donors (Lipinski definition) is 2. The third kappa shape index (κ3) is 4.23. The Labute approximate surface area is 113 Å². The summed E-state index contributed by atoms with van der Waals surface area (Å²) in [6.07, 6.45) is 7.78. The quantitative estimate of drug-likeness (QED) is 0.646. The zero-order chi connectivity index (χ0) is 13.7. The number of rotatable bonds is 3. The molecule has 1 aromatic rings. The highest BCUT2D eigenvalue weighted by atomic mass is 19.1. The molecule has 0 bridgehead atoms. The lowest BCUT2D eigenvalue weighted by Gasteiger charge is -2.13. The zero-order valence-corrected chi connectivity index (χ0v) is 11.1. The fourth-order valence-corrected chi connectivity index (χ4v) is 2.65. The fraction of sp³-hybridized carbons (Fsp3) is 0.533. The van der Waals surface area contributed by atoms with E-state index < -0.39 is 5.82 Å². The van der Waals surface area contributed by atoms with Crippen molar-refractivity contribution in [2.75, 3.05) is 11.1 Å². The molecular weight excluding hydrogens is 243 g/mol. The van der Waals surface area contributed by atoms with Crippen molar-refractivity contribution in [1.29, 1.82) is 0 Å². The van der Waals surface area contributed by atoms with E-state index in [0.29, 0.717) is 18.0 Å². The van der Waals surface area contributed by atoms with Gasteiger partial charge in [-0.15, -0.1) is 0 Å². The van der Waals surface area contributed by atoms with Crippen molar-refractivity contribution in [3.05, 3.63) is 24.0 Å². The Balaban J connectivity index is 1.87. The van der Waals surface area contributed by atoms with Crippen molar-refractivity contribution in [3.63, 3.8) is 0 Å². The number of nitrogen functional groups attached to an aromatic ring is 1. The molecule has 0 radical (unpaired) electrons. The Morgan fingerprint density at radius 2 is 1.95 bits per heavy atom. The van der Waals surface area contributed by atoms with Gasteiger partial charge in [-0.25, -0.2) is 4.39 Å². The van der Waals surface area contributed by atoms with Crippen molar-refractivity contribution < 1.29 is 9.18 Å². The lowest BCUT2D eigenvalue weighted by atomic mass is 9.96. The number of benzene rings is 1. The molecule has 3 nitrogen and oxygen atoms in total. The predicted octanol–water partition coefficient (Wildman–Crippen LogP) is 3.71. The molecule has 0 aromatic heterocycles. The van der Waals surface area contributed by atoms with Crippen molar-refractivity contribution in [2.45, 2.75) is 44.9 Å². The molecule has 0 atom stereocenters. The first-order chi connectivity index (χ1) is 9.15. The highest BCUT2D eigenvalue weighted by Crippen LogP contribution is 2.26.